The Labute approximate surface area is 76.0 Å². The van der Waals surface area contributed by atoms with Crippen molar-refractivity contribution in [2.75, 3.05) is 0 Å². The summed E-state index contributed by atoms with van der Waals surface area (Å²) in [5.41, 5.74) is 2.83. The average Bonchev–Trinajstić information content (AvgIpc) is 2.49. The van der Waals surface area contributed by atoms with Gasteiger partial charge in [-0.05, 0) is 13.0 Å². The van der Waals surface area contributed by atoms with Gasteiger partial charge < -0.3 is 4.42 Å². The lowest BCUT2D eigenvalue weighted by atomic mass is 10.1. The average molecular weight is 179 g/mol. The minimum atomic E-state index is 0.182. The SMILES string of the molecule is CC(S)c1cccc2ncoc12. The van der Waals surface area contributed by atoms with Gasteiger partial charge in [0.25, 0.3) is 0 Å². The molecule has 2 aromatic rings. The van der Waals surface area contributed by atoms with Crippen molar-refractivity contribution in [2.45, 2.75) is 12.2 Å². The molecule has 0 N–H and O–H groups in total. The van der Waals surface area contributed by atoms with Crippen LogP contribution in [0.1, 0.15) is 17.7 Å². The normalized spacial score (nSPS) is 13.5. The molecule has 62 valence electrons. The van der Waals surface area contributed by atoms with Crippen LogP contribution < -0.4 is 0 Å². The minimum absolute atomic E-state index is 0.182. The molecule has 12 heavy (non-hydrogen) atoms. The van der Waals surface area contributed by atoms with Gasteiger partial charge in [-0.3, -0.25) is 0 Å². The first-order chi connectivity index (χ1) is 5.79. The zero-order valence-corrected chi connectivity index (χ0v) is 7.58. The highest BCUT2D eigenvalue weighted by Crippen LogP contribution is 2.26. The smallest absolute Gasteiger partial charge is 0.181 e. The third-order valence-electron chi connectivity index (χ3n) is 1.84. The Bertz CT molecular complexity index is 394. The first-order valence-electron chi connectivity index (χ1n) is 3.79. The van der Waals surface area contributed by atoms with Crippen LogP contribution in [0.3, 0.4) is 0 Å². The number of thiol groups is 1. The second kappa shape index (κ2) is 2.83. The Morgan fingerprint density at radius 2 is 2.33 bits per heavy atom. The van der Waals surface area contributed by atoms with Crippen molar-refractivity contribution in [3.63, 3.8) is 0 Å². The van der Waals surface area contributed by atoms with E-state index in [1.54, 1.807) is 0 Å². The van der Waals surface area contributed by atoms with E-state index in [2.05, 4.69) is 17.6 Å². The lowest BCUT2D eigenvalue weighted by molar-refractivity contribution is 0.598. The fraction of sp³-hybridized carbons (Fsp3) is 0.222. The third kappa shape index (κ3) is 1.10. The number of hydrogen-bond donors (Lipinski definition) is 1. The summed E-state index contributed by atoms with van der Waals surface area (Å²) in [6.07, 6.45) is 1.46. The van der Waals surface area contributed by atoms with E-state index in [0.29, 0.717) is 0 Å². The highest BCUT2D eigenvalue weighted by atomic mass is 32.1. The number of benzene rings is 1. The van der Waals surface area contributed by atoms with E-state index in [1.807, 2.05) is 25.1 Å². The van der Waals surface area contributed by atoms with Crippen molar-refractivity contribution in [3.8, 4) is 0 Å². The summed E-state index contributed by atoms with van der Waals surface area (Å²) in [7, 11) is 0. The van der Waals surface area contributed by atoms with Crippen LogP contribution >= 0.6 is 12.6 Å². The highest BCUT2D eigenvalue weighted by molar-refractivity contribution is 7.80. The molecular weight excluding hydrogens is 170 g/mol. The summed E-state index contributed by atoms with van der Waals surface area (Å²) in [6, 6.07) is 5.90. The van der Waals surface area contributed by atoms with Gasteiger partial charge in [-0.1, -0.05) is 12.1 Å². The predicted octanol–water partition coefficient (Wildman–Crippen LogP) is 2.82. The number of fused-ring (bicyclic) bond motifs is 1. The van der Waals surface area contributed by atoms with Gasteiger partial charge in [-0.15, -0.1) is 0 Å². The van der Waals surface area contributed by atoms with Gasteiger partial charge in [-0.25, -0.2) is 4.98 Å². The standard InChI is InChI=1S/C9H9NOS/c1-6(12)7-3-2-4-8-9(7)11-5-10-8/h2-6,12H,1H3. The van der Waals surface area contributed by atoms with Crippen LogP contribution in [-0.2, 0) is 0 Å². The van der Waals surface area contributed by atoms with Crippen LogP contribution in [0.25, 0.3) is 11.1 Å². The molecule has 0 bridgehead atoms. The van der Waals surface area contributed by atoms with Crippen LogP contribution in [-0.4, -0.2) is 4.98 Å². The van der Waals surface area contributed by atoms with E-state index in [-0.39, 0.29) is 5.25 Å². The second-order valence-electron chi connectivity index (χ2n) is 2.72. The largest absolute Gasteiger partial charge is 0.443 e. The highest BCUT2D eigenvalue weighted by Gasteiger charge is 2.07. The number of oxazole rings is 1. The zero-order chi connectivity index (χ0) is 8.55. The van der Waals surface area contributed by atoms with Crippen molar-refractivity contribution in [2.24, 2.45) is 0 Å². The quantitative estimate of drug-likeness (QED) is 0.681. The van der Waals surface area contributed by atoms with Crippen LogP contribution in [0.4, 0.5) is 0 Å². The number of nitrogens with zero attached hydrogens (tertiary/aromatic N) is 1. The van der Waals surface area contributed by atoms with Crippen LogP contribution in [0, 0.1) is 0 Å². The third-order valence-corrected chi connectivity index (χ3v) is 2.12. The number of aromatic nitrogens is 1. The fourth-order valence-corrected chi connectivity index (χ4v) is 1.44. The molecule has 1 atom stereocenters. The maximum atomic E-state index is 5.25. The molecule has 0 fully saturated rings. The van der Waals surface area contributed by atoms with E-state index in [9.17, 15) is 0 Å². The van der Waals surface area contributed by atoms with E-state index in [0.717, 1.165) is 16.7 Å². The van der Waals surface area contributed by atoms with Crippen LogP contribution in [0.5, 0.6) is 0 Å². The molecule has 1 heterocycles. The van der Waals surface area contributed by atoms with Gasteiger partial charge in [0.2, 0.25) is 0 Å². The molecule has 0 aliphatic rings. The molecule has 0 aliphatic heterocycles. The summed E-state index contributed by atoms with van der Waals surface area (Å²) >= 11 is 4.35. The molecule has 0 aliphatic carbocycles. The number of hydrogen-bond acceptors (Lipinski definition) is 3. The summed E-state index contributed by atoms with van der Waals surface area (Å²) < 4.78 is 5.25. The molecule has 0 saturated carbocycles. The maximum absolute atomic E-state index is 5.25. The van der Waals surface area contributed by atoms with Crippen molar-refractivity contribution >= 4 is 23.7 Å². The minimum Gasteiger partial charge on any atom is -0.443 e. The predicted molar refractivity (Wildman–Crippen MR) is 51.4 cm³/mol. The van der Waals surface area contributed by atoms with E-state index in [1.165, 1.54) is 6.39 Å². The van der Waals surface area contributed by atoms with E-state index in [4.69, 9.17) is 4.42 Å². The first-order valence-corrected chi connectivity index (χ1v) is 4.31. The monoisotopic (exact) mass is 179 g/mol. The zero-order valence-electron chi connectivity index (χ0n) is 6.69. The Kier molecular flexibility index (Phi) is 1.81. The van der Waals surface area contributed by atoms with Crippen molar-refractivity contribution in [3.05, 3.63) is 30.2 Å². The summed E-state index contributed by atoms with van der Waals surface area (Å²) in [5, 5.41) is 0.182. The molecule has 1 aromatic heterocycles. The van der Waals surface area contributed by atoms with Crippen molar-refractivity contribution in [1.82, 2.24) is 4.98 Å². The van der Waals surface area contributed by atoms with Crippen molar-refractivity contribution < 1.29 is 4.42 Å². The molecule has 0 radical (unpaired) electrons. The Morgan fingerprint density at radius 1 is 1.50 bits per heavy atom. The molecule has 1 unspecified atom stereocenters. The van der Waals surface area contributed by atoms with Gasteiger partial charge in [0.1, 0.15) is 5.52 Å². The Hall–Kier alpha value is -0.960. The Balaban J connectivity index is 2.73. The lowest BCUT2D eigenvalue weighted by Gasteiger charge is -2.02. The summed E-state index contributed by atoms with van der Waals surface area (Å²) in [4.78, 5) is 4.06. The summed E-state index contributed by atoms with van der Waals surface area (Å²) in [6.45, 7) is 2.01. The van der Waals surface area contributed by atoms with Crippen LogP contribution in [0.2, 0.25) is 0 Å². The van der Waals surface area contributed by atoms with Gasteiger partial charge >= 0.3 is 0 Å². The first kappa shape index (κ1) is 7.68. The molecule has 0 amide bonds. The molecule has 3 heteroatoms. The molecule has 0 spiro atoms. The van der Waals surface area contributed by atoms with Gasteiger partial charge in [0, 0.05) is 10.8 Å². The van der Waals surface area contributed by atoms with Gasteiger partial charge in [-0.2, -0.15) is 12.6 Å². The second-order valence-corrected chi connectivity index (χ2v) is 3.50. The summed E-state index contributed by atoms with van der Waals surface area (Å²) in [5.74, 6) is 0. The topological polar surface area (TPSA) is 26.0 Å². The number of rotatable bonds is 1. The van der Waals surface area contributed by atoms with Gasteiger partial charge in [0.05, 0.1) is 0 Å². The van der Waals surface area contributed by atoms with Crippen molar-refractivity contribution in [1.29, 1.82) is 0 Å². The molecular formula is C9H9NOS. The molecule has 2 nitrogen and oxygen atoms in total. The Morgan fingerprint density at radius 3 is 3.08 bits per heavy atom. The molecule has 2 rings (SSSR count). The number of para-hydroxylation sites is 1. The fourth-order valence-electron chi connectivity index (χ4n) is 1.24. The maximum Gasteiger partial charge on any atom is 0.181 e. The van der Waals surface area contributed by atoms with Crippen LogP contribution in [0.15, 0.2) is 29.0 Å². The molecule has 0 saturated heterocycles. The van der Waals surface area contributed by atoms with Gasteiger partial charge in [0.15, 0.2) is 12.0 Å². The van der Waals surface area contributed by atoms with E-state index >= 15 is 0 Å². The lowest BCUT2D eigenvalue weighted by Crippen LogP contribution is -1.84. The van der Waals surface area contributed by atoms with E-state index < -0.39 is 0 Å². The molecule has 1 aromatic carbocycles.